The van der Waals surface area contributed by atoms with E-state index in [1.54, 1.807) is 0 Å². The Balaban J connectivity index is 1.91. The maximum Gasteiger partial charge on any atom is 0.176 e. The zero-order valence-electron chi connectivity index (χ0n) is 9.73. The van der Waals surface area contributed by atoms with E-state index in [4.69, 9.17) is 5.73 Å². The third-order valence-electron chi connectivity index (χ3n) is 3.24. The average Bonchev–Trinajstić information content (AvgIpc) is 2.77. The molecule has 0 saturated carbocycles. The Morgan fingerprint density at radius 2 is 2.12 bits per heavy atom. The molecule has 0 bridgehead atoms. The van der Waals surface area contributed by atoms with Gasteiger partial charge in [0.25, 0.3) is 0 Å². The maximum absolute atomic E-state index is 12.7. The molecule has 1 heterocycles. The highest BCUT2D eigenvalue weighted by Gasteiger charge is 2.23. The van der Waals surface area contributed by atoms with E-state index >= 15 is 0 Å². The number of hydrogen-bond donors (Lipinski definition) is 1. The molecule has 3 nitrogen and oxygen atoms in total. The van der Waals surface area contributed by atoms with Crippen molar-refractivity contribution in [2.45, 2.75) is 6.42 Å². The van der Waals surface area contributed by atoms with Crippen LogP contribution in [0, 0.1) is 11.7 Å². The number of carbonyl (C=O) groups excluding carboxylic acids is 1. The van der Waals surface area contributed by atoms with Gasteiger partial charge in [-0.1, -0.05) is 0 Å². The number of Topliss-reactive ketones (excluding diaryl/α,β-unsaturated/α-hetero) is 1. The van der Waals surface area contributed by atoms with Crippen molar-refractivity contribution in [2.24, 2.45) is 11.7 Å². The van der Waals surface area contributed by atoms with Gasteiger partial charge in [0.05, 0.1) is 6.54 Å². The van der Waals surface area contributed by atoms with Crippen molar-refractivity contribution in [3.8, 4) is 0 Å². The summed E-state index contributed by atoms with van der Waals surface area (Å²) < 4.78 is 12.7. The van der Waals surface area contributed by atoms with E-state index < -0.39 is 0 Å². The van der Waals surface area contributed by atoms with Crippen LogP contribution in [0.1, 0.15) is 16.8 Å². The SMILES string of the molecule is NCC1CCN(CC(=O)c2ccc(F)cc2)C1. The molecule has 1 saturated heterocycles. The molecule has 1 aromatic carbocycles. The lowest BCUT2D eigenvalue weighted by Crippen LogP contribution is -2.29. The molecule has 1 aromatic rings. The third-order valence-corrected chi connectivity index (χ3v) is 3.24. The predicted molar refractivity (Wildman–Crippen MR) is 64.3 cm³/mol. The lowest BCUT2D eigenvalue weighted by molar-refractivity contribution is 0.0943. The van der Waals surface area contributed by atoms with Gasteiger partial charge in [-0.3, -0.25) is 9.69 Å². The summed E-state index contributed by atoms with van der Waals surface area (Å²) in [4.78, 5) is 14.0. The van der Waals surface area contributed by atoms with E-state index in [1.807, 2.05) is 0 Å². The van der Waals surface area contributed by atoms with Crippen molar-refractivity contribution >= 4 is 5.78 Å². The summed E-state index contributed by atoms with van der Waals surface area (Å²) in [6, 6.07) is 5.71. The number of benzene rings is 1. The van der Waals surface area contributed by atoms with E-state index in [-0.39, 0.29) is 11.6 Å². The highest BCUT2D eigenvalue weighted by molar-refractivity contribution is 5.97. The molecule has 4 heteroatoms. The van der Waals surface area contributed by atoms with E-state index in [1.165, 1.54) is 24.3 Å². The van der Waals surface area contributed by atoms with Crippen molar-refractivity contribution in [1.29, 1.82) is 0 Å². The zero-order chi connectivity index (χ0) is 12.3. The molecule has 92 valence electrons. The van der Waals surface area contributed by atoms with Gasteiger partial charge in [0.1, 0.15) is 5.82 Å². The molecule has 1 aliphatic rings. The number of hydrogen-bond acceptors (Lipinski definition) is 3. The van der Waals surface area contributed by atoms with Crippen molar-refractivity contribution in [1.82, 2.24) is 4.90 Å². The van der Waals surface area contributed by atoms with Gasteiger partial charge < -0.3 is 5.73 Å². The van der Waals surface area contributed by atoms with Crippen LogP contribution in [-0.4, -0.2) is 36.9 Å². The van der Waals surface area contributed by atoms with Gasteiger partial charge in [-0.05, 0) is 49.7 Å². The van der Waals surface area contributed by atoms with Crippen LogP contribution in [0.15, 0.2) is 24.3 Å². The second-order valence-electron chi connectivity index (χ2n) is 4.56. The van der Waals surface area contributed by atoms with Crippen LogP contribution in [0.25, 0.3) is 0 Å². The zero-order valence-corrected chi connectivity index (χ0v) is 9.73. The number of ketones is 1. The lowest BCUT2D eigenvalue weighted by Gasteiger charge is -2.14. The van der Waals surface area contributed by atoms with Gasteiger partial charge in [0, 0.05) is 12.1 Å². The first-order valence-corrected chi connectivity index (χ1v) is 5.90. The summed E-state index contributed by atoms with van der Waals surface area (Å²) in [7, 11) is 0. The highest BCUT2D eigenvalue weighted by Crippen LogP contribution is 2.15. The van der Waals surface area contributed by atoms with Crippen LogP contribution >= 0.6 is 0 Å². The van der Waals surface area contributed by atoms with Crippen LogP contribution in [0.5, 0.6) is 0 Å². The van der Waals surface area contributed by atoms with Crippen molar-refractivity contribution in [3.05, 3.63) is 35.6 Å². The highest BCUT2D eigenvalue weighted by atomic mass is 19.1. The first kappa shape index (κ1) is 12.2. The number of rotatable bonds is 4. The van der Waals surface area contributed by atoms with Gasteiger partial charge in [-0.2, -0.15) is 0 Å². The van der Waals surface area contributed by atoms with Crippen LogP contribution in [-0.2, 0) is 0 Å². The van der Waals surface area contributed by atoms with Crippen LogP contribution < -0.4 is 5.73 Å². The second-order valence-corrected chi connectivity index (χ2v) is 4.56. The Bertz CT molecular complexity index is 391. The molecule has 1 aliphatic heterocycles. The van der Waals surface area contributed by atoms with Crippen LogP contribution in [0.4, 0.5) is 4.39 Å². The fourth-order valence-corrected chi connectivity index (χ4v) is 2.18. The van der Waals surface area contributed by atoms with Gasteiger partial charge in [-0.25, -0.2) is 4.39 Å². The summed E-state index contributed by atoms with van der Waals surface area (Å²) >= 11 is 0. The van der Waals surface area contributed by atoms with Crippen molar-refractivity contribution in [3.63, 3.8) is 0 Å². The number of nitrogens with zero attached hydrogens (tertiary/aromatic N) is 1. The topological polar surface area (TPSA) is 46.3 Å². The molecule has 17 heavy (non-hydrogen) atoms. The molecule has 0 aromatic heterocycles. The summed E-state index contributed by atoms with van der Waals surface area (Å²) in [5.41, 5.74) is 6.17. The molecule has 2 N–H and O–H groups in total. The Hall–Kier alpha value is -1.26. The molecule has 1 fully saturated rings. The fraction of sp³-hybridized carbons (Fsp3) is 0.462. The number of nitrogens with two attached hydrogens (primary N) is 1. The lowest BCUT2D eigenvalue weighted by atomic mass is 10.1. The Morgan fingerprint density at radius 3 is 2.71 bits per heavy atom. The minimum Gasteiger partial charge on any atom is -0.330 e. The van der Waals surface area contributed by atoms with Crippen molar-refractivity contribution < 1.29 is 9.18 Å². The number of halogens is 1. The van der Waals surface area contributed by atoms with Gasteiger partial charge in [0.15, 0.2) is 5.78 Å². The Kier molecular flexibility index (Phi) is 3.86. The minimum absolute atomic E-state index is 0.0441. The largest absolute Gasteiger partial charge is 0.330 e. The summed E-state index contributed by atoms with van der Waals surface area (Å²) in [5.74, 6) is 0.240. The monoisotopic (exact) mass is 236 g/mol. The number of carbonyl (C=O) groups is 1. The standard InChI is InChI=1S/C13H17FN2O/c14-12-3-1-11(2-4-12)13(17)9-16-6-5-10(7-15)8-16/h1-4,10H,5-9,15H2. The number of likely N-dealkylation sites (tertiary alicyclic amines) is 1. The maximum atomic E-state index is 12.7. The first-order valence-electron chi connectivity index (χ1n) is 5.90. The van der Waals surface area contributed by atoms with Crippen LogP contribution in [0.2, 0.25) is 0 Å². The normalized spacial score (nSPS) is 20.7. The average molecular weight is 236 g/mol. The molecular formula is C13H17FN2O. The van der Waals surface area contributed by atoms with E-state index in [9.17, 15) is 9.18 Å². The van der Waals surface area contributed by atoms with Gasteiger partial charge in [-0.15, -0.1) is 0 Å². The molecule has 0 aliphatic carbocycles. The Morgan fingerprint density at radius 1 is 1.41 bits per heavy atom. The molecule has 1 unspecified atom stereocenters. The quantitative estimate of drug-likeness (QED) is 0.801. The van der Waals surface area contributed by atoms with Gasteiger partial charge in [0.2, 0.25) is 0 Å². The summed E-state index contributed by atoms with van der Waals surface area (Å²) in [6.45, 7) is 2.90. The predicted octanol–water partition coefficient (Wildman–Crippen LogP) is 1.29. The van der Waals surface area contributed by atoms with Gasteiger partial charge >= 0.3 is 0 Å². The first-order chi connectivity index (χ1) is 8.19. The summed E-state index contributed by atoms with van der Waals surface area (Å²) in [6.07, 6.45) is 1.06. The molecule has 1 atom stereocenters. The smallest absolute Gasteiger partial charge is 0.176 e. The molecular weight excluding hydrogens is 219 g/mol. The Labute approximate surface area is 100 Å². The van der Waals surface area contributed by atoms with E-state index in [0.29, 0.717) is 24.6 Å². The van der Waals surface area contributed by atoms with Crippen molar-refractivity contribution in [2.75, 3.05) is 26.2 Å². The minimum atomic E-state index is -0.314. The molecule has 2 rings (SSSR count). The fourth-order valence-electron chi connectivity index (χ4n) is 2.18. The second kappa shape index (κ2) is 5.38. The molecule has 0 radical (unpaired) electrons. The van der Waals surface area contributed by atoms with Crippen LogP contribution in [0.3, 0.4) is 0 Å². The molecule has 0 spiro atoms. The molecule has 0 amide bonds. The summed E-state index contributed by atoms with van der Waals surface area (Å²) in [5, 5.41) is 0. The third kappa shape index (κ3) is 3.11. The van der Waals surface area contributed by atoms with E-state index in [2.05, 4.69) is 4.90 Å². The van der Waals surface area contributed by atoms with E-state index in [0.717, 1.165) is 19.5 Å².